The van der Waals surface area contributed by atoms with Crippen LogP contribution in [0.1, 0.15) is 12.0 Å². The van der Waals surface area contributed by atoms with E-state index in [1.807, 2.05) is 0 Å². The highest BCUT2D eigenvalue weighted by atomic mass is 16.5. The van der Waals surface area contributed by atoms with Gasteiger partial charge in [0.15, 0.2) is 0 Å². The van der Waals surface area contributed by atoms with Gasteiger partial charge in [-0.3, -0.25) is 9.59 Å². The van der Waals surface area contributed by atoms with Crippen molar-refractivity contribution in [1.82, 2.24) is 0 Å². The number of aliphatic carboxylic acids is 1. The molecule has 1 unspecified atom stereocenters. The second-order valence-electron chi connectivity index (χ2n) is 3.64. The molecule has 0 aliphatic carbocycles. The molecule has 96 valence electrons. The van der Waals surface area contributed by atoms with E-state index < -0.39 is 18.0 Å². The highest BCUT2D eigenvalue weighted by molar-refractivity contribution is 5.85. The van der Waals surface area contributed by atoms with E-state index in [1.165, 1.54) is 12.1 Å². The van der Waals surface area contributed by atoms with Gasteiger partial charge < -0.3 is 20.4 Å². The zero-order chi connectivity index (χ0) is 13.5. The number of carboxylic acids is 1. The Kier molecular flexibility index (Phi) is 5.01. The smallest absolute Gasteiger partial charge is 0.320 e. The van der Waals surface area contributed by atoms with Crippen molar-refractivity contribution in [1.29, 1.82) is 0 Å². The lowest BCUT2D eigenvalue weighted by atomic mass is 10.1. The SMILES string of the molecule is NC(Cc1ccc(OC(=O)CC=O)cc1)C(=O)O. The fourth-order valence-electron chi connectivity index (χ4n) is 1.28. The van der Waals surface area contributed by atoms with Gasteiger partial charge in [0.05, 0.1) is 0 Å². The molecule has 0 saturated heterocycles. The standard InChI is InChI=1S/C12H13NO5/c13-10(12(16)17)7-8-1-3-9(4-2-8)18-11(15)5-6-14/h1-4,6,10H,5,7,13H2,(H,16,17). The van der Waals surface area contributed by atoms with Crippen molar-refractivity contribution in [3.8, 4) is 5.75 Å². The van der Waals surface area contributed by atoms with Crippen LogP contribution in [0, 0.1) is 0 Å². The first-order chi connectivity index (χ1) is 8.52. The van der Waals surface area contributed by atoms with E-state index in [2.05, 4.69) is 0 Å². The Hall–Kier alpha value is -2.21. The topological polar surface area (TPSA) is 107 Å². The van der Waals surface area contributed by atoms with Crippen molar-refractivity contribution >= 4 is 18.2 Å². The largest absolute Gasteiger partial charge is 0.480 e. The van der Waals surface area contributed by atoms with Crippen LogP contribution >= 0.6 is 0 Å². The Morgan fingerprint density at radius 3 is 2.44 bits per heavy atom. The summed E-state index contributed by atoms with van der Waals surface area (Å²) in [7, 11) is 0. The maximum Gasteiger partial charge on any atom is 0.320 e. The first-order valence-electron chi connectivity index (χ1n) is 5.24. The molecular weight excluding hydrogens is 238 g/mol. The number of esters is 1. The monoisotopic (exact) mass is 251 g/mol. The van der Waals surface area contributed by atoms with E-state index in [0.717, 1.165) is 5.56 Å². The summed E-state index contributed by atoms with van der Waals surface area (Å²) in [6.07, 6.45) is 0.353. The number of carbonyl (C=O) groups is 3. The summed E-state index contributed by atoms with van der Waals surface area (Å²) in [6.45, 7) is 0. The Bertz CT molecular complexity index is 440. The third-order valence-electron chi connectivity index (χ3n) is 2.18. The molecule has 0 amide bonds. The lowest BCUT2D eigenvalue weighted by Crippen LogP contribution is -2.32. The van der Waals surface area contributed by atoms with E-state index in [-0.39, 0.29) is 12.8 Å². The molecule has 0 spiro atoms. The molecule has 0 fully saturated rings. The summed E-state index contributed by atoms with van der Waals surface area (Å²) < 4.78 is 4.84. The second-order valence-corrected chi connectivity index (χ2v) is 3.64. The zero-order valence-electron chi connectivity index (χ0n) is 9.54. The number of hydrogen-bond donors (Lipinski definition) is 2. The molecule has 6 heteroatoms. The number of rotatable bonds is 6. The average molecular weight is 251 g/mol. The first-order valence-corrected chi connectivity index (χ1v) is 5.24. The molecule has 0 aromatic heterocycles. The van der Waals surface area contributed by atoms with Crippen molar-refractivity contribution in [3.63, 3.8) is 0 Å². The van der Waals surface area contributed by atoms with Gasteiger partial charge in [0, 0.05) is 0 Å². The van der Waals surface area contributed by atoms with Gasteiger partial charge in [-0.25, -0.2) is 0 Å². The molecule has 0 aliphatic rings. The minimum Gasteiger partial charge on any atom is -0.480 e. The molecule has 1 rings (SSSR count). The maximum absolute atomic E-state index is 11.0. The number of nitrogens with two attached hydrogens (primary N) is 1. The predicted molar refractivity (Wildman–Crippen MR) is 62.1 cm³/mol. The van der Waals surface area contributed by atoms with Crippen LogP contribution in [0.25, 0.3) is 0 Å². The lowest BCUT2D eigenvalue weighted by molar-refractivity contribution is -0.138. The number of benzene rings is 1. The van der Waals surface area contributed by atoms with Gasteiger partial charge in [0.2, 0.25) is 0 Å². The van der Waals surface area contributed by atoms with Crippen LogP contribution in [-0.4, -0.2) is 29.4 Å². The first kappa shape index (κ1) is 13.9. The predicted octanol–water partition coefficient (Wildman–Crippen LogP) is 0.135. The second kappa shape index (κ2) is 6.51. The quantitative estimate of drug-likeness (QED) is 0.322. The molecule has 1 aromatic rings. The minimum absolute atomic E-state index is 0.192. The highest BCUT2D eigenvalue weighted by Gasteiger charge is 2.12. The Balaban J connectivity index is 2.60. The van der Waals surface area contributed by atoms with Gasteiger partial charge in [0.1, 0.15) is 24.5 Å². The van der Waals surface area contributed by atoms with Gasteiger partial charge in [-0.15, -0.1) is 0 Å². The normalized spacial score (nSPS) is 11.6. The molecule has 0 radical (unpaired) electrons. The molecule has 0 saturated carbocycles. The maximum atomic E-state index is 11.0. The fourth-order valence-corrected chi connectivity index (χ4v) is 1.28. The van der Waals surface area contributed by atoms with Gasteiger partial charge in [-0.05, 0) is 24.1 Å². The molecular formula is C12H13NO5. The van der Waals surface area contributed by atoms with E-state index in [9.17, 15) is 14.4 Å². The Labute approximate surface area is 103 Å². The van der Waals surface area contributed by atoms with Crippen molar-refractivity contribution < 1.29 is 24.2 Å². The zero-order valence-corrected chi connectivity index (χ0v) is 9.54. The van der Waals surface area contributed by atoms with Crippen molar-refractivity contribution in [2.45, 2.75) is 18.9 Å². The number of hydrogen-bond acceptors (Lipinski definition) is 5. The third kappa shape index (κ3) is 4.34. The summed E-state index contributed by atoms with van der Waals surface area (Å²) in [5.74, 6) is -1.41. The number of ether oxygens (including phenoxy) is 1. The summed E-state index contributed by atoms with van der Waals surface area (Å²) in [4.78, 5) is 31.6. The molecule has 6 nitrogen and oxygen atoms in total. The van der Waals surface area contributed by atoms with Crippen molar-refractivity contribution in [2.75, 3.05) is 0 Å². The minimum atomic E-state index is -1.07. The van der Waals surface area contributed by atoms with Crippen LogP contribution in [0.2, 0.25) is 0 Å². The molecule has 1 aromatic carbocycles. The van der Waals surface area contributed by atoms with Gasteiger partial charge in [-0.2, -0.15) is 0 Å². The van der Waals surface area contributed by atoms with E-state index in [0.29, 0.717) is 12.0 Å². The number of carbonyl (C=O) groups excluding carboxylic acids is 2. The Morgan fingerprint density at radius 1 is 1.33 bits per heavy atom. The highest BCUT2D eigenvalue weighted by Crippen LogP contribution is 2.13. The van der Waals surface area contributed by atoms with E-state index >= 15 is 0 Å². The Morgan fingerprint density at radius 2 is 1.94 bits per heavy atom. The number of carboxylic acid groups (broad SMARTS) is 1. The summed E-state index contributed by atoms with van der Waals surface area (Å²) >= 11 is 0. The van der Waals surface area contributed by atoms with Crippen LogP contribution < -0.4 is 10.5 Å². The van der Waals surface area contributed by atoms with Gasteiger partial charge in [0.25, 0.3) is 0 Å². The van der Waals surface area contributed by atoms with E-state index in [4.69, 9.17) is 15.6 Å². The molecule has 18 heavy (non-hydrogen) atoms. The summed E-state index contributed by atoms with van der Waals surface area (Å²) in [5.41, 5.74) is 6.11. The molecule has 0 heterocycles. The molecule has 1 atom stereocenters. The van der Waals surface area contributed by atoms with Crippen LogP contribution in [-0.2, 0) is 20.8 Å². The van der Waals surface area contributed by atoms with Gasteiger partial charge >= 0.3 is 11.9 Å². The fraction of sp³-hybridized carbons (Fsp3) is 0.250. The van der Waals surface area contributed by atoms with Crippen LogP contribution in [0.3, 0.4) is 0 Å². The van der Waals surface area contributed by atoms with Crippen LogP contribution in [0.4, 0.5) is 0 Å². The summed E-state index contributed by atoms with van der Waals surface area (Å²) in [5, 5.41) is 8.65. The molecule has 0 bridgehead atoms. The van der Waals surface area contributed by atoms with Crippen LogP contribution in [0.15, 0.2) is 24.3 Å². The van der Waals surface area contributed by atoms with Gasteiger partial charge in [-0.1, -0.05) is 12.1 Å². The van der Waals surface area contributed by atoms with Crippen LogP contribution in [0.5, 0.6) is 5.75 Å². The lowest BCUT2D eigenvalue weighted by Gasteiger charge is -2.07. The number of aldehydes is 1. The third-order valence-corrected chi connectivity index (χ3v) is 2.18. The van der Waals surface area contributed by atoms with Crippen molar-refractivity contribution in [2.24, 2.45) is 5.73 Å². The average Bonchev–Trinajstić information content (AvgIpc) is 2.31. The molecule has 3 N–H and O–H groups in total. The van der Waals surface area contributed by atoms with E-state index in [1.54, 1.807) is 12.1 Å². The van der Waals surface area contributed by atoms with Crippen molar-refractivity contribution in [3.05, 3.63) is 29.8 Å². The molecule has 0 aliphatic heterocycles. The summed E-state index contributed by atoms with van der Waals surface area (Å²) in [6, 6.07) is 5.31.